The first-order chi connectivity index (χ1) is 9.35. The average Bonchev–Trinajstić information content (AvgIpc) is 2.34. The first-order valence-electron chi connectivity index (χ1n) is 6.34. The zero-order chi connectivity index (χ0) is 14.8. The molecule has 1 aliphatic heterocycles. The van der Waals surface area contributed by atoms with E-state index in [0.29, 0.717) is 11.5 Å². The molecule has 0 aliphatic carbocycles. The Bertz CT molecular complexity index is 525. The van der Waals surface area contributed by atoms with Gasteiger partial charge in [0.1, 0.15) is 17.5 Å². The number of hydrogen-bond donors (Lipinski definition) is 3. The lowest BCUT2D eigenvalue weighted by molar-refractivity contribution is -0.117. The van der Waals surface area contributed by atoms with Gasteiger partial charge in [0.2, 0.25) is 5.91 Å². The number of rotatable bonds is 2. The van der Waals surface area contributed by atoms with Gasteiger partial charge in [0.25, 0.3) is 0 Å². The number of amides is 2. The maximum absolute atomic E-state index is 11.9. The van der Waals surface area contributed by atoms with Crippen LogP contribution in [0.1, 0.15) is 20.8 Å². The fourth-order valence-corrected chi connectivity index (χ4v) is 1.71. The fourth-order valence-electron chi connectivity index (χ4n) is 1.71. The van der Waals surface area contributed by atoms with Gasteiger partial charge in [0.15, 0.2) is 0 Å². The van der Waals surface area contributed by atoms with Crippen molar-refractivity contribution in [1.82, 2.24) is 10.3 Å². The normalized spacial score (nSPS) is 17.6. The summed E-state index contributed by atoms with van der Waals surface area (Å²) in [5.74, 6) is 0.365. The van der Waals surface area contributed by atoms with Crippen molar-refractivity contribution in [2.24, 2.45) is 0 Å². The topological polar surface area (TPSA) is 92.3 Å². The number of alkyl carbamates (subject to hydrolysis) is 1. The summed E-state index contributed by atoms with van der Waals surface area (Å²) in [6.07, 6.45) is 1.07. The van der Waals surface area contributed by atoms with E-state index in [1.165, 1.54) is 0 Å². The molecule has 1 unspecified atom stereocenters. The Balaban J connectivity index is 1.92. The molecule has 0 saturated heterocycles. The summed E-state index contributed by atoms with van der Waals surface area (Å²) < 4.78 is 5.11. The fraction of sp³-hybridized carbons (Fsp3) is 0.462. The monoisotopic (exact) mass is 278 g/mol. The largest absolute Gasteiger partial charge is 0.444 e. The van der Waals surface area contributed by atoms with Crippen molar-refractivity contribution in [2.75, 3.05) is 17.2 Å². The first-order valence-corrected chi connectivity index (χ1v) is 6.34. The number of anilines is 2. The molecule has 20 heavy (non-hydrogen) atoms. The highest BCUT2D eigenvalue weighted by Crippen LogP contribution is 2.22. The van der Waals surface area contributed by atoms with Crippen molar-refractivity contribution >= 4 is 23.5 Å². The Labute approximate surface area is 117 Å². The predicted molar refractivity (Wildman–Crippen MR) is 74.5 cm³/mol. The highest BCUT2D eigenvalue weighted by atomic mass is 16.6. The van der Waals surface area contributed by atoms with E-state index in [0.717, 1.165) is 0 Å². The highest BCUT2D eigenvalue weighted by molar-refractivity contribution is 6.02. The molecule has 1 aliphatic rings. The number of pyridine rings is 1. The summed E-state index contributed by atoms with van der Waals surface area (Å²) in [6, 6.07) is 2.91. The molecule has 2 amide bonds. The van der Waals surface area contributed by atoms with Gasteiger partial charge in [0.05, 0.1) is 12.2 Å². The van der Waals surface area contributed by atoms with E-state index >= 15 is 0 Å². The molecular formula is C13H18N4O3. The van der Waals surface area contributed by atoms with Crippen LogP contribution in [0.3, 0.4) is 0 Å². The molecule has 0 saturated carbocycles. The second kappa shape index (κ2) is 5.36. The Morgan fingerprint density at radius 2 is 2.25 bits per heavy atom. The van der Waals surface area contributed by atoms with E-state index in [1.54, 1.807) is 39.1 Å². The lowest BCUT2D eigenvalue weighted by atomic mass is 10.2. The minimum atomic E-state index is -0.579. The van der Waals surface area contributed by atoms with Gasteiger partial charge in [-0.25, -0.2) is 9.78 Å². The molecule has 2 rings (SSSR count). The van der Waals surface area contributed by atoms with Crippen LogP contribution < -0.4 is 16.0 Å². The van der Waals surface area contributed by atoms with Crippen LogP contribution >= 0.6 is 0 Å². The third kappa shape index (κ3) is 3.59. The van der Waals surface area contributed by atoms with Crippen LogP contribution in [-0.2, 0) is 9.53 Å². The Hall–Kier alpha value is -2.31. The average molecular weight is 278 g/mol. The van der Waals surface area contributed by atoms with E-state index in [1.807, 2.05) is 0 Å². The number of carbonyl (C=O) groups is 2. The van der Waals surface area contributed by atoms with Crippen molar-refractivity contribution in [3.8, 4) is 0 Å². The number of carbonyl (C=O) groups excluding carboxylic acids is 2. The van der Waals surface area contributed by atoms with Gasteiger partial charge in [-0.15, -0.1) is 0 Å². The molecule has 2 heterocycles. The summed E-state index contributed by atoms with van der Waals surface area (Å²) in [7, 11) is 0. The molecule has 0 spiro atoms. The molecule has 0 fully saturated rings. The van der Waals surface area contributed by atoms with E-state index in [4.69, 9.17) is 4.74 Å². The summed E-state index contributed by atoms with van der Waals surface area (Å²) >= 11 is 0. The number of nitrogens with one attached hydrogen (secondary N) is 3. The predicted octanol–water partition coefficient (Wildman–Crippen LogP) is 1.34. The molecule has 1 aromatic rings. The van der Waals surface area contributed by atoms with E-state index in [2.05, 4.69) is 20.9 Å². The van der Waals surface area contributed by atoms with E-state index in [-0.39, 0.29) is 12.5 Å². The molecule has 3 N–H and O–H groups in total. The molecule has 1 aromatic heterocycles. The van der Waals surface area contributed by atoms with Crippen molar-refractivity contribution in [3.05, 3.63) is 18.3 Å². The SMILES string of the molecule is CC(C)(C)OC(=O)NCC1Nc2ncccc2NC1=O. The molecule has 7 nitrogen and oxygen atoms in total. The summed E-state index contributed by atoms with van der Waals surface area (Å²) in [6.45, 7) is 5.45. The maximum atomic E-state index is 11.9. The summed E-state index contributed by atoms with van der Waals surface area (Å²) in [4.78, 5) is 27.5. The third-order valence-corrected chi connectivity index (χ3v) is 2.54. The minimum absolute atomic E-state index is 0.122. The number of hydrogen-bond acceptors (Lipinski definition) is 5. The van der Waals surface area contributed by atoms with Gasteiger partial charge in [-0.05, 0) is 32.9 Å². The molecule has 0 radical (unpaired) electrons. The molecule has 1 atom stereocenters. The van der Waals surface area contributed by atoms with Crippen LogP contribution in [0.25, 0.3) is 0 Å². The van der Waals surface area contributed by atoms with Crippen LogP contribution in [0.4, 0.5) is 16.3 Å². The van der Waals surface area contributed by atoms with Crippen molar-refractivity contribution in [2.45, 2.75) is 32.4 Å². The number of aromatic nitrogens is 1. The highest BCUT2D eigenvalue weighted by Gasteiger charge is 2.27. The van der Waals surface area contributed by atoms with E-state index in [9.17, 15) is 9.59 Å². The van der Waals surface area contributed by atoms with Crippen LogP contribution in [0.2, 0.25) is 0 Å². The Morgan fingerprint density at radius 1 is 1.50 bits per heavy atom. The number of nitrogens with zero attached hydrogens (tertiary/aromatic N) is 1. The quantitative estimate of drug-likeness (QED) is 0.759. The standard InChI is InChI=1S/C13H18N4O3/c1-13(2,3)20-12(19)15-7-9-11(18)17-8-5-4-6-14-10(8)16-9/h4-6,9H,7H2,1-3H3,(H,14,16)(H,15,19)(H,17,18). The van der Waals surface area contributed by atoms with Gasteiger partial charge < -0.3 is 20.7 Å². The second-order valence-electron chi connectivity index (χ2n) is 5.47. The maximum Gasteiger partial charge on any atom is 0.407 e. The zero-order valence-corrected chi connectivity index (χ0v) is 11.7. The van der Waals surface area contributed by atoms with Crippen LogP contribution in [0.5, 0.6) is 0 Å². The smallest absolute Gasteiger partial charge is 0.407 e. The lowest BCUT2D eigenvalue weighted by Gasteiger charge is -2.26. The Morgan fingerprint density at radius 3 is 2.95 bits per heavy atom. The number of ether oxygens (including phenoxy) is 1. The lowest BCUT2D eigenvalue weighted by Crippen LogP contribution is -2.47. The van der Waals surface area contributed by atoms with Crippen LogP contribution in [0, 0.1) is 0 Å². The molecular weight excluding hydrogens is 260 g/mol. The second-order valence-corrected chi connectivity index (χ2v) is 5.47. The molecule has 0 bridgehead atoms. The Kier molecular flexibility index (Phi) is 3.78. The molecule has 7 heteroatoms. The zero-order valence-electron chi connectivity index (χ0n) is 11.7. The first kappa shape index (κ1) is 14.1. The summed E-state index contributed by atoms with van der Waals surface area (Å²) in [5.41, 5.74) is 0.0616. The third-order valence-electron chi connectivity index (χ3n) is 2.54. The van der Waals surface area contributed by atoms with Gasteiger partial charge in [-0.3, -0.25) is 4.79 Å². The van der Waals surface area contributed by atoms with Gasteiger partial charge in [-0.1, -0.05) is 0 Å². The summed E-state index contributed by atoms with van der Waals surface area (Å²) in [5, 5.41) is 8.26. The minimum Gasteiger partial charge on any atom is -0.444 e. The number of fused-ring (bicyclic) bond motifs is 1. The molecule has 0 aromatic carbocycles. The van der Waals surface area contributed by atoms with E-state index < -0.39 is 17.7 Å². The van der Waals surface area contributed by atoms with Crippen LogP contribution in [-0.4, -0.2) is 35.2 Å². The van der Waals surface area contributed by atoms with Gasteiger partial charge >= 0.3 is 6.09 Å². The van der Waals surface area contributed by atoms with Gasteiger partial charge in [-0.2, -0.15) is 0 Å². The van der Waals surface area contributed by atoms with Crippen molar-refractivity contribution < 1.29 is 14.3 Å². The molecule has 108 valence electrons. The van der Waals surface area contributed by atoms with Crippen LogP contribution in [0.15, 0.2) is 18.3 Å². The van der Waals surface area contributed by atoms with Crippen molar-refractivity contribution in [1.29, 1.82) is 0 Å². The van der Waals surface area contributed by atoms with Crippen molar-refractivity contribution in [3.63, 3.8) is 0 Å². The van der Waals surface area contributed by atoms with Gasteiger partial charge in [0, 0.05) is 6.20 Å².